The second-order valence-electron chi connectivity index (χ2n) is 6.66. The summed E-state index contributed by atoms with van der Waals surface area (Å²) in [6.07, 6.45) is 1.18. The maximum Gasteiger partial charge on any atom is 0.317 e. The molecule has 4 nitrogen and oxygen atoms in total. The molecule has 0 spiro atoms. The van der Waals surface area contributed by atoms with E-state index >= 15 is 0 Å². The minimum atomic E-state index is 0.0161. The van der Waals surface area contributed by atoms with E-state index in [2.05, 4.69) is 53.8 Å². The van der Waals surface area contributed by atoms with Crippen LogP contribution in [0, 0.1) is 5.92 Å². The maximum atomic E-state index is 12.5. The number of urea groups is 1. The van der Waals surface area contributed by atoms with Crippen LogP contribution in [0.2, 0.25) is 0 Å². The van der Waals surface area contributed by atoms with Gasteiger partial charge in [0.1, 0.15) is 0 Å². The highest BCUT2D eigenvalue weighted by Gasteiger charge is 2.23. The number of benzene rings is 1. The Balaban J connectivity index is 1.60. The van der Waals surface area contributed by atoms with Crippen LogP contribution in [0.5, 0.6) is 0 Å². The van der Waals surface area contributed by atoms with Gasteiger partial charge in [0.15, 0.2) is 0 Å². The summed E-state index contributed by atoms with van der Waals surface area (Å²) in [6.45, 7) is 5.11. The Labute approximate surface area is 142 Å². The lowest BCUT2D eigenvalue weighted by atomic mass is 10.1. The molecule has 0 aliphatic carbocycles. The van der Waals surface area contributed by atoms with Crippen molar-refractivity contribution in [2.24, 2.45) is 5.92 Å². The molecule has 0 radical (unpaired) electrons. The number of nitrogens with one attached hydrogen (secondary N) is 1. The van der Waals surface area contributed by atoms with E-state index in [0.29, 0.717) is 5.92 Å². The molecule has 0 bridgehead atoms. The summed E-state index contributed by atoms with van der Waals surface area (Å²) in [6, 6.07) is 8.39. The summed E-state index contributed by atoms with van der Waals surface area (Å²) in [5, 5.41) is 6.53. The van der Waals surface area contributed by atoms with Crippen LogP contribution in [-0.2, 0) is 0 Å². The Morgan fingerprint density at radius 3 is 3.00 bits per heavy atom. The van der Waals surface area contributed by atoms with E-state index in [1.165, 1.54) is 22.1 Å². The first kappa shape index (κ1) is 16.3. The molecule has 1 N–H and O–H groups in total. The SMILES string of the molecule is C[C@@H](NC(=O)N(C)C[C@@H]1CCN(C)C1)c1csc2ccccc12. The minimum absolute atomic E-state index is 0.0161. The molecular formula is C18H25N3OS. The van der Waals surface area contributed by atoms with E-state index in [-0.39, 0.29) is 12.1 Å². The van der Waals surface area contributed by atoms with Crippen molar-refractivity contribution in [1.82, 2.24) is 15.1 Å². The molecule has 5 heteroatoms. The molecule has 1 aromatic heterocycles. The number of carbonyl (C=O) groups is 1. The van der Waals surface area contributed by atoms with Gasteiger partial charge in [0.2, 0.25) is 0 Å². The van der Waals surface area contributed by atoms with Gasteiger partial charge in [0.05, 0.1) is 6.04 Å². The molecule has 23 heavy (non-hydrogen) atoms. The van der Waals surface area contributed by atoms with Crippen molar-refractivity contribution in [3.8, 4) is 0 Å². The Hall–Kier alpha value is -1.59. The average Bonchev–Trinajstić information content (AvgIpc) is 3.13. The van der Waals surface area contributed by atoms with Crippen LogP contribution in [0.1, 0.15) is 24.9 Å². The van der Waals surface area contributed by atoms with Crippen molar-refractivity contribution in [2.45, 2.75) is 19.4 Å². The first-order valence-corrected chi connectivity index (χ1v) is 9.09. The predicted molar refractivity (Wildman–Crippen MR) is 97.0 cm³/mol. The van der Waals surface area contributed by atoms with Gasteiger partial charge in [-0.15, -0.1) is 11.3 Å². The molecule has 2 aromatic rings. The monoisotopic (exact) mass is 331 g/mol. The molecule has 124 valence electrons. The largest absolute Gasteiger partial charge is 0.331 e. The lowest BCUT2D eigenvalue weighted by Gasteiger charge is -2.24. The Kier molecular flexibility index (Phi) is 4.87. The molecule has 1 saturated heterocycles. The van der Waals surface area contributed by atoms with Crippen LogP contribution >= 0.6 is 11.3 Å². The maximum absolute atomic E-state index is 12.5. The number of rotatable bonds is 4. The molecule has 2 amide bonds. The van der Waals surface area contributed by atoms with Crippen molar-refractivity contribution >= 4 is 27.5 Å². The van der Waals surface area contributed by atoms with Crippen molar-refractivity contribution < 1.29 is 4.79 Å². The zero-order chi connectivity index (χ0) is 16.4. The molecule has 0 unspecified atom stereocenters. The minimum Gasteiger partial charge on any atom is -0.331 e. The standard InChI is InChI=1S/C18H25N3OS/c1-13(16-12-23-17-7-5-4-6-15(16)17)19-18(22)21(3)11-14-8-9-20(2)10-14/h4-7,12-14H,8-11H2,1-3H3,(H,19,22)/t13-,14-/m1/s1. The molecule has 0 saturated carbocycles. The van der Waals surface area contributed by atoms with Crippen LogP contribution < -0.4 is 5.32 Å². The lowest BCUT2D eigenvalue weighted by Crippen LogP contribution is -2.41. The summed E-state index contributed by atoms with van der Waals surface area (Å²) in [5.41, 5.74) is 1.20. The first-order valence-electron chi connectivity index (χ1n) is 8.21. The molecule has 3 rings (SSSR count). The number of amides is 2. The number of nitrogens with zero attached hydrogens (tertiary/aromatic N) is 2. The van der Waals surface area contributed by atoms with Gasteiger partial charge in [0, 0.05) is 24.8 Å². The smallest absolute Gasteiger partial charge is 0.317 e. The molecule has 1 aliphatic heterocycles. The van der Waals surface area contributed by atoms with E-state index in [0.717, 1.165) is 19.6 Å². The van der Waals surface area contributed by atoms with Crippen molar-refractivity contribution in [1.29, 1.82) is 0 Å². The van der Waals surface area contributed by atoms with Crippen LogP contribution in [0.15, 0.2) is 29.6 Å². The summed E-state index contributed by atoms with van der Waals surface area (Å²) in [7, 11) is 4.04. The summed E-state index contributed by atoms with van der Waals surface area (Å²) < 4.78 is 1.27. The fourth-order valence-electron chi connectivity index (χ4n) is 3.35. The number of hydrogen-bond acceptors (Lipinski definition) is 3. The Morgan fingerprint density at radius 1 is 1.48 bits per heavy atom. The molecule has 2 heterocycles. The fourth-order valence-corrected chi connectivity index (χ4v) is 4.41. The van der Waals surface area contributed by atoms with Crippen LogP contribution in [-0.4, -0.2) is 49.6 Å². The third-order valence-corrected chi connectivity index (χ3v) is 5.67. The fraction of sp³-hybridized carbons (Fsp3) is 0.500. The molecule has 1 aliphatic rings. The highest BCUT2D eigenvalue weighted by atomic mass is 32.1. The van der Waals surface area contributed by atoms with Gasteiger partial charge in [-0.2, -0.15) is 0 Å². The van der Waals surface area contributed by atoms with Gasteiger partial charge in [0.25, 0.3) is 0 Å². The first-order chi connectivity index (χ1) is 11.0. The second-order valence-corrected chi connectivity index (χ2v) is 7.57. The highest BCUT2D eigenvalue weighted by molar-refractivity contribution is 7.17. The zero-order valence-electron chi connectivity index (χ0n) is 14.1. The zero-order valence-corrected chi connectivity index (χ0v) is 14.9. The normalized spacial score (nSPS) is 19.9. The van der Waals surface area contributed by atoms with E-state index < -0.39 is 0 Å². The van der Waals surface area contributed by atoms with Crippen LogP contribution in [0.4, 0.5) is 4.79 Å². The number of hydrogen-bond donors (Lipinski definition) is 1. The van der Waals surface area contributed by atoms with Gasteiger partial charge in [-0.3, -0.25) is 0 Å². The summed E-state index contributed by atoms with van der Waals surface area (Å²) >= 11 is 1.73. The van der Waals surface area contributed by atoms with Crippen molar-refractivity contribution in [3.63, 3.8) is 0 Å². The molecular weight excluding hydrogens is 306 g/mol. The quantitative estimate of drug-likeness (QED) is 0.930. The Bertz CT molecular complexity index is 684. The Morgan fingerprint density at radius 2 is 2.26 bits per heavy atom. The lowest BCUT2D eigenvalue weighted by molar-refractivity contribution is 0.197. The number of carbonyl (C=O) groups excluding carboxylic acids is 1. The topological polar surface area (TPSA) is 35.6 Å². The van der Waals surface area contributed by atoms with E-state index in [9.17, 15) is 4.79 Å². The third kappa shape index (κ3) is 3.67. The van der Waals surface area contributed by atoms with E-state index in [1.807, 2.05) is 11.9 Å². The van der Waals surface area contributed by atoms with Crippen LogP contribution in [0.3, 0.4) is 0 Å². The summed E-state index contributed by atoms with van der Waals surface area (Å²) in [4.78, 5) is 16.6. The van der Waals surface area contributed by atoms with Crippen molar-refractivity contribution in [3.05, 3.63) is 35.2 Å². The molecule has 2 atom stereocenters. The van der Waals surface area contributed by atoms with Gasteiger partial charge in [-0.25, -0.2) is 4.79 Å². The van der Waals surface area contributed by atoms with Gasteiger partial charge in [-0.05, 0) is 55.3 Å². The second kappa shape index (κ2) is 6.89. The van der Waals surface area contributed by atoms with E-state index in [1.54, 1.807) is 11.3 Å². The predicted octanol–water partition coefficient (Wildman–Crippen LogP) is 3.56. The van der Waals surface area contributed by atoms with Crippen LogP contribution in [0.25, 0.3) is 10.1 Å². The molecule has 1 aromatic carbocycles. The number of thiophene rings is 1. The van der Waals surface area contributed by atoms with Gasteiger partial charge in [-0.1, -0.05) is 18.2 Å². The van der Waals surface area contributed by atoms with E-state index in [4.69, 9.17) is 0 Å². The summed E-state index contributed by atoms with van der Waals surface area (Å²) in [5.74, 6) is 0.591. The van der Waals surface area contributed by atoms with Crippen molar-refractivity contribution in [2.75, 3.05) is 33.7 Å². The average molecular weight is 331 g/mol. The van der Waals surface area contributed by atoms with Gasteiger partial charge < -0.3 is 15.1 Å². The third-order valence-electron chi connectivity index (χ3n) is 4.69. The highest BCUT2D eigenvalue weighted by Crippen LogP contribution is 2.30. The van der Waals surface area contributed by atoms with Gasteiger partial charge >= 0.3 is 6.03 Å². The number of likely N-dealkylation sites (tertiary alicyclic amines) is 1. The number of fused-ring (bicyclic) bond motifs is 1. The molecule has 1 fully saturated rings.